The van der Waals surface area contributed by atoms with E-state index in [-0.39, 0.29) is 0 Å². The minimum Gasteiger partial charge on any atom is -0.216 e. The van der Waals surface area contributed by atoms with Crippen LogP contribution in [0.2, 0.25) is 0 Å². The van der Waals surface area contributed by atoms with E-state index in [1.165, 1.54) is 0 Å². The third-order valence-electron chi connectivity index (χ3n) is 1.89. The van der Waals surface area contributed by atoms with Crippen LogP contribution >= 0.6 is 0 Å². The lowest BCUT2D eigenvalue weighted by molar-refractivity contribution is -0.351. The molecule has 0 N–H and O–H groups in total. The zero-order valence-electron chi connectivity index (χ0n) is 8.17. The maximum Gasteiger partial charge on any atom is 0.437 e. The molecular formula is C7F10N2. The van der Waals surface area contributed by atoms with Crippen molar-refractivity contribution in [2.75, 3.05) is 0 Å². The first-order chi connectivity index (χ1) is 8.32. The molecule has 12 heteroatoms. The van der Waals surface area contributed by atoms with E-state index in [9.17, 15) is 43.9 Å². The molecule has 0 atom stereocenters. The number of rotatable bonds is 1. The van der Waals surface area contributed by atoms with Gasteiger partial charge in [0.15, 0.2) is 0 Å². The maximum atomic E-state index is 13.2. The third kappa shape index (κ3) is 2.30. The first-order valence-electron chi connectivity index (χ1n) is 4.03. The number of alkyl halides is 7. The third-order valence-corrected chi connectivity index (χ3v) is 1.89. The van der Waals surface area contributed by atoms with Crippen molar-refractivity contribution in [2.24, 2.45) is 0 Å². The summed E-state index contributed by atoms with van der Waals surface area (Å²) in [4.78, 5) is 3.62. The summed E-state index contributed by atoms with van der Waals surface area (Å²) in [5, 5.41) is 0. The van der Waals surface area contributed by atoms with Gasteiger partial charge in [0.1, 0.15) is 5.69 Å². The van der Waals surface area contributed by atoms with Gasteiger partial charge in [-0.2, -0.15) is 49.5 Å². The van der Waals surface area contributed by atoms with Gasteiger partial charge >= 0.3 is 24.1 Å². The highest BCUT2D eigenvalue weighted by molar-refractivity contribution is 5.19. The van der Waals surface area contributed by atoms with Crippen LogP contribution in [0.5, 0.6) is 0 Å². The predicted molar refractivity (Wildman–Crippen MR) is 36.8 cm³/mol. The van der Waals surface area contributed by atoms with Crippen molar-refractivity contribution in [3.8, 4) is 0 Å². The highest BCUT2D eigenvalue weighted by Crippen LogP contribution is 2.53. The SMILES string of the molecule is Fc1nc(F)c(F)c(C(F)(C(F)(F)F)C(F)(F)F)n1. The lowest BCUT2D eigenvalue weighted by Gasteiger charge is -2.29. The van der Waals surface area contributed by atoms with E-state index in [1.807, 2.05) is 4.98 Å². The van der Waals surface area contributed by atoms with Gasteiger partial charge < -0.3 is 0 Å². The van der Waals surface area contributed by atoms with Crippen LogP contribution < -0.4 is 0 Å². The van der Waals surface area contributed by atoms with Crippen molar-refractivity contribution < 1.29 is 43.9 Å². The van der Waals surface area contributed by atoms with Crippen LogP contribution in [0.15, 0.2) is 0 Å². The molecule has 0 amide bonds. The summed E-state index contributed by atoms with van der Waals surface area (Å²) >= 11 is 0. The molecule has 0 radical (unpaired) electrons. The average Bonchev–Trinajstić information content (AvgIpc) is 2.18. The van der Waals surface area contributed by atoms with Crippen LogP contribution in [0.3, 0.4) is 0 Å². The number of aromatic nitrogens is 2. The molecule has 0 aliphatic rings. The number of hydrogen-bond donors (Lipinski definition) is 0. The molecule has 0 saturated carbocycles. The number of halogens is 10. The van der Waals surface area contributed by atoms with Crippen molar-refractivity contribution >= 4 is 0 Å². The van der Waals surface area contributed by atoms with Crippen LogP contribution in [0, 0.1) is 17.8 Å². The molecule has 0 aromatic carbocycles. The molecular weight excluding hydrogens is 302 g/mol. The Morgan fingerprint density at radius 3 is 1.47 bits per heavy atom. The minimum atomic E-state index is -6.74. The second-order valence-corrected chi connectivity index (χ2v) is 3.10. The Kier molecular flexibility index (Phi) is 3.41. The predicted octanol–water partition coefficient (Wildman–Crippen LogP) is 3.18. The zero-order chi connectivity index (χ0) is 15.2. The van der Waals surface area contributed by atoms with Gasteiger partial charge in [0.05, 0.1) is 0 Å². The van der Waals surface area contributed by atoms with Gasteiger partial charge in [-0.25, -0.2) is 4.39 Å². The van der Waals surface area contributed by atoms with Gasteiger partial charge in [0, 0.05) is 0 Å². The summed E-state index contributed by atoms with van der Waals surface area (Å²) in [5.41, 5.74) is -9.49. The molecule has 1 heterocycles. The van der Waals surface area contributed by atoms with Crippen molar-refractivity contribution in [1.82, 2.24) is 9.97 Å². The van der Waals surface area contributed by atoms with Crippen LogP contribution in [0.4, 0.5) is 43.9 Å². The van der Waals surface area contributed by atoms with Crippen LogP contribution in [-0.2, 0) is 5.67 Å². The van der Waals surface area contributed by atoms with Gasteiger partial charge in [0.25, 0.3) is 5.95 Å². The molecule has 0 fully saturated rings. The molecule has 1 aromatic rings. The summed E-state index contributed by atoms with van der Waals surface area (Å²) in [6.45, 7) is 0. The quantitative estimate of drug-likeness (QED) is 0.452. The highest BCUT2D eigenvalue weighted by Gasteiger charge is 2.76. The molecule has 0 saturated heterocycles. The monoisotopic (exact) mass is 302 g/mol. The van der Waals surface area contributed by atoms with Crippen LogP contribution in [-0.4, -0.2) is 22.3 Å². The van der Waals surface area contributed by atoms with E-state index in [4.69, 9.17) is 0 Å². The fraction of sp³-hybridized carbons (Fsp3) is 0.429. The Bertz CT molecular complexity index is 476. The summed E-state index contributed by atoms with van der Waals surface area (Å²) in [7, 11) is 0. The fourth-order valence-corrected chi connectivity index (χ4v) is 1.05. The fourth-order valence-electron chi connectivity index (χ4n) is 1.05. The summed E-state index contributed by atoms with van der Waals surface area (Å²) in [5.74, 6) is -5.67. The van der Waals surface area contributed by atoms with Gasteiger partial charge in [0.2, 0.25) is 5.82 Å². The normalized spacial score (nSPS) is 13.8. The lowest BCUT2D eigenvalue weighted by Crippen LogP contribution is -2.51. The maximum absolute atomic E-state index is 13.2. The van der Waals surface area contributed by atoms with E-state index in [2.05, 4.69) is 0 Å². The Labute approximate surface area is 96.6 Å². The highest BCUT2D eigenvalue weighted by atomic mass is 19.4. The first kappa shape index (κ1) is 15.4. The zero-order valence-corrected chi connectivity index (χ0v) is 8.17. The Morgan fingerprint density at radius 2 is 1.11 bits per heavy atom. The molecule has 0 spiro atoms. The summed E-state index contributed by atoms with van der Waals surface area (Å²) in [6, 6.07) is 0. The van der Waals surface area contributed by atoms with E-state index in [1.54, 1.807) is 4.98 Å². The van der Waals surface area contributed by atoms with Crippen molar-refractivity contribution in [1.29, 1.82) is 0 Å². The van der Waals surface area contributed by atoms with Crippen LogP contribution in [0.25, 0.3) is 0 Å². The molecule has 1 rings (SSSR count). The van der Waals surface area contributed by atoms with Crippen molar-refractivity contribution in [3.05, 3.63) is 23.5 Å². The van der Waals surface area contributed by atoms with E-state index >= 15 is 0 Å². The first-order valence-corrected chi connectivity index (χ1v) is 4.03. The molecule has 108 valence electrons. The molecule has 0 unspecified atom stereocenters. The smallest absolute Gasteiger partial charge is 0.216 e. The van der Waals surface area contributed by atoms with Gasteiger partial charge in [-0.3, -0.25) is 0 Å². The lowest BCUT2D eigenvalue weighted by atomic mass is 9.99. The molecule has 0 bridgehead atoms. The number of nitrogens with zero attached hydrogens (tertiary/aromatic N) is 2. The standard InChI is InChI=1S/C7F10N2/c8-1-2(18-4(10)19-3(1)9)5(11,6(12,13)14)7(15,16)17. The minimum absolute atomic E-state index is 1.73. The molecule has 0 aliphatic carbocycles. The Hall–Kier alpha value is -1.62. The van der Waals surface area contributed by atoms with E-state index in [0.29, 0.717) is 0 Å². The van der Waals surface area contributed by atoms with E-state index < -0.39 is 41.6 Å². The second kappa shape index (κ2) is 4.20. The van der Waals surface area contributed by atoms with E-state index in [0.717, 1.165) is 0 Å². The largest absolute Gasteiger partial charge is 0.437 e. The molecule has 0 aliphatic heterocycles. The van der Waals surface area contributed by atoms with Gasteiger partial charge in [-0.05, 0) is 0 Å². The molecule has 2 nitrogen and oxygen atoms in total. The topological polar surface area (TPSA) is 25.8 Å². The summed E-state index contributed by atoms with van der Waals surface area (Å²) in [6.07, 6.45) is -16.0. The molecule has 19 heavy (non-hydrogen) atoms. The van der Waals surface area contributed by atoms with Gasteiger partial charge in [-0.1, -0.05) is 0 Å². The average molecular weight is 302 g/mol. The van der Waals surface area contributed by atoms with Crippen molar-refractivity contribution in [3.63, 3.8) is 0 Å². The Balaban J connectivity index is 3.71. The summed E-state index contributed by atoms with van der Waals surface area (Å²) < 4.78 is 124. The Morgan fingerprint density at radius 1 is 0.684 bits per heavy atom. The second-order valence-electron chi connectivity index (χ2n) is 3.10. The van der Waals surface area contributed by atoms with Crippen LogP contribution in [0.1, 0.15) is 5.69 Å². The van der Waals surface area contributed by atoms with Crippen molar-refractivity contribution in [2.45, 2.75) is 18.0 Å². The molecule has 1 aromatic heterocycles. The number of hydrogen-bond acceptors (Lipinski definition) is 2. The van der Waals surface area contributed by atoms with Gasteiger partial charge in [-0.15, -0.1) is 0 Å².